The number of carbonyl (C=O) groups excluding carboxylic acids is 2. The first-order valence-electron chi connectivity index (χ1n) is 12.2. The maximum Gasteiger partial charge on any atom is 0.408 e. The smallest absolute Gasteiger partial charge is 0.408 e. The zero-order valence-corrected chi connectivity index (χ0v) is 21.3. The van der Waals surface area contributed by atoms with Crippen LogP contribution in [0.25, 0.3) is 0 Å². The highest BCUT2D eigenvalue weighted by Crippen LogP contribution is 2.43. The molecule has 35 heavy (non-hydrogen) atoms. The van der Waals surface area contributed by atoms with Crippen LogP contribution >= 0.6 is 0 Å². The lowest BCUT2D eigenvalue weighted by Gasteiger charge is -2.28. The molecule has 0 bridgehead atoms. The normalized spacial score (nSPS) is 15.4. The van der Waals surface area contributed by atoms with Gasteiger partial charge >= 0.3 is 6.09 Å². The number of anilines is 1. The van der Waals surface area contributed by atoms with Crippen LogP contribution in [0.5, 0.6) is 0 Å². The summed E-state index contributed by atoms with van der Waals surface area (Å²) in [5.41, 5.74) is -0.210. The predicted molar refractivity (Wildman–Crippen MR) is 130 cm³/mol. The van der Waals surface area contributed by atoms with Crippen molar-refractivity contribution in [3.05, 3.63) is 29.7 Å². The van der Waals surface area contributed by atoms with Gasteiger partial charge in [-0.3, -0.25) is 9.48 Å². The van der Waals surface area contributed by atoms with Gasteiger partial charge in [-0.1, -0.05) is 0 Å². The van der Waals surface area contributed by atoms with Gasteiger partial charge < -0.3 is 25.2 Å². The Bertz CT molecular complexity index is 1000. The van der Waals surface area contributed by atoms with Gasteiger partial charge in [0, 0.05) is 18.3 Å². The average Bonchev–Trinajstić information content (AvgIpc) is 3.50. The van der Waals surface area contributed by atoms with E-state index in [4.69, 9.17) is 19.7 Å². The number of alkyl carbamates (subject to hydrolysis) is 1. The van der Waals surface area contributed by atoms with Crippen LogP contribution in [0, 0.1) is 0 Å². The van der Waals surface area contributed by atoms with Gasteiger partial charge in [0.1, 0.15) is 11.5 Å². The highest BCUT2D eigenvalue weighted by Gasteiger charge is 2.43. The maximum atomic E-state index is 13.0. The number of nitrogens with zero attached hydrogens (tertiary/aromatic N) is 4. The Hall–Kier alpha value is -2.92. The monoisotopic (exact) mass is 490 g/mol. The third-order valence-corrected chi connectivity index (χ3v) is 5.75. The molecule has 11 nitrogen and oxygen atoms in total. The van der Waals surface area contributed by atoms with Gasteiger partial charge in [-0.25, -0.2) is 9.48 Å². The fourth-order valence-electron chi connectivity index (χ4n) is 4.12. The molecule has 3 N–H and O–H groups in total. The molecular formula is C24H38N6O5. The van der Waals surface area contributed by atoms with Crippen molar-refractivity contribution in [2.24, 2.45) is 0 Å². The second-order valence-electron chi connectivity index (χ2n) is 10.2. The highest BCUT2D eigenvalue weighted by atomic mass is 16.6. The fourth-order valence-corrected chi connectivity index (χ4v) is 4.12. The summed E-state index contributed by atoms with van der Waals surface area (Å²) < 4.78 is 14.6. The van der Waals surface area contributed by atoms with Gasteiger partial charge in [0.25, 0.3) is 5.91 Å². The summed E-state index contributed by atoms with van der Waals surface area (Å²) in [5.74, 6) is 0.207. The summed E-state index contributed by atoms with van der Waals surface area (Å²) in [7, 11) is 0. The summed E-state index contributed by atoms with van der Waals surface area (Å²) in [5, 5.41) is 23.6. The molecule has 0 atom stereocenters. The van der Waals surface area contributed by atoms with Crippen molar-refractivity contribution in [3.63, 3.8) is 0 Å². The van der Waals surface area contributed by atoms with E-state index in [1.165, 1.54) is 6.20 Å². The number of rotatable bonds is 10. The molecule has 2 aromatic rings. The van der Waals surface area contributed by atoms with Crippen molar-refractivity contribution in [2.45, 2.75) is 84.0 Å². The number of carbonyl (C=O) groups is 2. The zero-order chi connectivity index (χ0) is 25.6. The number of aliphatic hydroxyl groups excluding tert-OH is 1. The van der Waals surface area contributed by atoms with Crippen molar-refractivity contribution >= 4 is 17.8 Å². The maximum absolute atomic E-state index is 13.0. The molecule has 1 fully saturated rings. The van der Waals surface area contributed by atoms with Crippen LogP contribution in [0.4, 0.5) is 10.6 Å². The second-order valence-corrected chi connectivity index (χ2v) is 10.2. The van der Waals surface area contributed by atoms with Gasteiger partial charge in [0.2, 0.25) is 0 Å². The number of hydrogen-bond donors (Lipinski definition) is 3. The Labute approximate surface area is 206 Å². The third-order valence-electron chi connectivity index (χ3n) is 5.75. The van der Waals surface area contributed by atoms with E-state index in [1.54, 1.807) is 15.6 Å². The van der Waals surface area contributed by atoms with Gasteiger partial charge in [-0.05, 0) is 60.3 Å². The zero-order valence-electron chi connectivity index (χ0n) is 21.3. The minimum Gasteiger partial charge on any atom is -0.436 e. The first-order valence-corrected chi connectivity index (χ1v) is 12.2. The van der Waals surface area contributed by atoms with Gasteiger partial charge in [0.05, 0.1) is 43.7 Å². The van der Waals surface area contributed by atoms with Gasteiger partial charge in [-0.15, -0.1) is 0 Å². The van der Waals surface area contributed by atoms with Crippen molar-refractivity contribution in [3.8, 4) is 0 Å². The lowest BCUT2D eigenvalue weighted by Crippen LogP contribution is -2.38. The van der Waals surface area contributed by atoms with E-state index in [-0.39, 0.29) is 25.2 Å². The molecule has 194 valence electrons. The van der Waals surface area contributed by atoms with E-state index in [2.05, 4.69) is 15.7 Å². The van der Waals surface area contributed by atoms with E-state index in [9.17, 15) is 9.59 Å². The lowest BCUT2D eigenvalue weighted by atomic mass is 9.98. The molecule has 3 rings (SSSR count). The molecular weight excluding hydrogens is 452 g/mol. The van der Waals surface area contributed by atoms with Gasteiger partial charge in [-0.2, -0.15) is 10.2 Å². The van der Waals surface area contributed by atoms with Crippen LogP contribution in [0.2, 0.25) is 0 Å². The van der Waals surface area contributed by atoms with E-state index in [0.717, 1.165) is 12.8 Å². The molecule has 11 heteroatoms. The van der Waals surface area contributed by atoms with Crippen LogP contribution in [-0.2, 0) is 27.2 Å². The van der Waals surface area contributed by atoms with E-state index in [0.29, 0.717) is 43.1 Å². The van der Waals surface area contributed by atoms with Crippen molar-refractivity contribution in [2.75, 3.05) is 25.1 Å². The number of hydrogen-bond acceptors (Lipinski definition) is 7. The second kappa shape index (κ2) is 11.2. The molecule has 0 aliphatic heterocycles. The van der Waals surface area contributed by atoms with E-state index >= 15 is 0 Å². The Morgan fingerprint density at radius 1 is 1.23 bits per heavy atom. The van der Waals surface area contributed by atoms with E-state index < -0.39 is 17.2 Å². The molecule has 2 amide bonds. The van der Waals surface area contributed by atoms with Crippen LogP contribution in [0.15, 0.2) is 18.5 Å². The quantitative estimate of drug-likeness (QED) is 0.436. The van der Waals surface area contributed by atoms with Crippen molar-refractivity contribution < 1.29 is 24.2 Å². The lowest BCUT2D eigenvalue weighted by molar-refractivity contribution is 0.00727. The molecule has 0 saturated heterocycles. The number of aliphatic hydroxyl groups is 1. The first kappa shape index (κ1) is 26.7. The fraction of sp³-hybridized carbons (Fsp3) is 0.667. The minimum atomic E-state index is -0.825. The predicted octanol–water partition coefficient (Wildman–Crippen LogP) is 3.00. The van der Waals surface area contributed by atoms with Gasteiger partial charge in [0.15, 0.2) is 5.60 Å². The number of aromatic nitrogens is 4. The molecule has 1 saturated carbocycles. The summed E-state index contributed by atoms with van der Waals surface area (Å²) in [6.07, 6.45) is 5.90. The summed E-state index contributed by atoms with van der Waals surface area (Å²) >= 11 is 0. The molecule has 1 aliphatic rings. The Morgan fingerprint density at radius 2 is 1.94 bits per heavy atom. The molecule has 2 aromatic heterocycles. The van der Waals surface area contributed by atoms with Crippen LogP contribution in [0.3, 0.4) is 0 Å². The molecule has 0 aromatic carbocycles. The topological polar surface area (TPSA) is 133 Å². The summed E-state index contributed by atoms with van der Waals surface area (Å²) in [6.45, 7) is 10.8. The molecule has 0 radical (unpaired) electrons. The third kappa shape index (κ3) is 6.82. The molecule has 2 heterocycles. The number of nitrogens with one attached hydrogen (secondary N) is 2. The minimum absolute atomic E-state index is 0.0368. The first-order chi connectivity index (χ1) is 16.5. The Morgan fingerprint density at radius 3 is 2.57 bits per heavy atom. The molecule has 0 spiro atoms. The SMILES string of the molecule is CC(C)NC(=O)OC1(c2cc(NC(=O)c3cnn(CCOCCO)c3)n(C(C)(C)C)n2)CCCC1. The largest absolute Gasteiger partial charge is 0.436 e. The van der Waals surface area contributed by atoms with Crippen molar-refractivity contribution in [1.82, 2.24) is 24.9 Å². The molecule has 0 unspecified atom stereocenters. The Kier molecular flexibility index (Phi) is 8.55. The number of amides is 2. The Balaban J connectivity index is 1.81. The van der Waals surface area contributed by atoms with Crippen LogP contribution in [0.1, 0.15) is 76.4 Å². The van der Waals surface area contributed by atoms with Crippen LogP contribution in [-0.4, -0.2) is 62.5 Å². The average molecular weight is 491 g/mol. The summed E-state index contributed by atoms with van der Waals surface area (Å²) in [4.78, 5) is 25.5. The van der Waals surface area contributed by atoms with Crippen molar-refractivity contribution in [1.29, 1.82) is 0 Å². The summed E-state index contributed by atoms with van der Waals surface area (Å²) in [6, 6.07) is 1.77. The van der Waals surface area contributed by atoms with E-state index in [1.807, 2.05) is 40.7 Å². The van der Waals surface area contributed by atoms with Crippen LogP contribution < -0.4 is 10.6 Å². The standard InChI is InChI=1S/C24H38N6O5/c1-17(2)26-22(33)35-24(8-6-7-9-24)19-14-20(30(28-19)23(3,4)5)27-21(32)18-15-25-29(16-18)10-12-34-13-11-31/h14-17,31H,6-13H2,1-5H3,(H,26,33)(H,27,32). The number of ether oxygens (including phenoxy) is 2. The molecule has 1 aliphatic carbocycles. The highest BCUT2D eigenvalue weighted by molar-refractivity contribution is 6.03.